The fourth-order valence-corrected chi connectivity index (χ4v) is 2.60. The molecule has 6 nitrogen and oxygen atoms in total. The Morgan fingerprint density at radius 1 is 1.47 bits per heavy atom. The maximum absolute atomic E-state index is 10.9. The van der Waals surface area contributed by atoms with Gasteiger partial charge >= 0.3 is 0 Å². The molecule has 88 valence electrons. The van der Waals surface area contributed by atoms with Crippen molar-refractivity contribution in [3.8, 4) is 0 Å². The lowest BCUT2D eigenvalue weighted by atomic mass is 9.93. The van der Waals surface area contributed by atoms with Gasteiger partial charge in [-0.3, -0.25) is 9.59 Å². The van der Waals surface area contributed by atoms with Crippen LogP contribution < -0.4 is 0 Å². The van der Waals surface area contributed by atoms with E-state index in [0.29, 0.717) is 6.54 Å². The molecule has 1 aliphatic rings. The van der Waals surface area contributed by atoms with Gasteiger partial charge in [0.2, 0.25) is 6.41 Å². The van der Waals surface area contributed by atoms with Crippen molar-refractivity contribution < 1.29 is 23.1 Å². The number of carbonyl (C=O) groups is 2. The van der Waals surface area contributed by atoms with Gasteiger partial charge in [-0.1, -0.05) is 0 Å². The molecule has 0 aromatic rings. The van der Waals surface area contributed by atoms with Crippen molar-refractivity contribution in [3.63, 3.8) is 0 Å². The Labute approximate surface area is 88.8 Å². The van der Waals surface area contributed by atoms with E-state index in [4.69, 9.17) is 9.90 Å². The Kier molecular flexibility index (Phi) is 5.27. The molecule has 0 aromatic carbocycles. The first kappa shape index (κ1) is 13.9. The molecule has 0 aliphatic carbocycles. The second-order valence-electron chi connectivity index (χ2n) is 3.50. The van der Waals surface area contributed by atoms with Crippen molar-refractivity contribution in [1.29, 1.82) is 0 Å². The first-order valence-electron chi connectivity index (χ1n) is 4.32. The van der Waals surface area contributed by atoms with Gasteiger partial charge in [0.25, 0.3) is 6.47 Å². The number of likely N-dealkylation sites (tertiary alicyclic amines) is 1. The summed E-state index contributed by atoms with van der Waals surface area (Å²) in [5.41, 5.74) is 0. The highest BCUT2D eigenvalue weighted by Gasteiger charge is 2.36. The predicted octanol–water partition coefficient (Wildman–Crippen LogP) is -0.791. The minimum Gasteiger partial charge on any atom is -0.483 e. The van der Waals surface area contributed by atoms with Gasteiger partial charge in [-0.05, 0) is 6.92 Å². The molecule has 0 saturated carbocycles. The number of sulfone groups is 1. The van der Waals surface area contributed by atoms with Crippen molar-refractivity contribution in [3.05, 3.63) is 0 Å². The zero-order valence-electron chi connectivity index (χ0n) is 8.66. The number of hydrogen-bond donors (Lipinski definition) is 1. The van der Waals surface area contributed by atoms with Gasteiger partial charge in [-0.25, -0.2) is 8.42 Å². The molecule has 1 aliphatic heterocycles. The molecule has 0 radical (unpaired) electrons. The number of amides is 1. The van der Waals surface area contributed by atoms with E-state index >= 15 is 0 Å². The van der Waals surface area contributed by atoms with Crippen LogP contribution in [-0.4, -0.2) is 55.9 Å². The lowest BCUT2D eigenvalue weighted by Gasteiger charge is -2.43. The van der Waals surface area contributed by atoms with Crippen LogP contribution >= 0.6 is 0 Å². The van der Waals surface area contributed by atoms with E-state index in [1.807, 2.05) is 6.92 Å². The van der Waals surface area contributed by atoms with Crippen LogP contribution in [0.4, 0.5) is 0 Å². The van der Waals surface area contributed by atoms with Crippen molar-refractivity contribution in [2.75, 3.05) is 18.6 Å². The molecule has 2 atom stereocenters. The highest BCUT2D eigenvalue weighted by molar-refractivity contribution is 7.90. The first-order chi connectivity index (χ1) is 6.85. The van der Waals surface area contributed by atoms with Crippen LogP contribution in [0.1, 0.15) is 6.92 Å². The largest absolute Gasteiger partial charge is 0.483 e. The number of carboxylic acid groups (broad SMARTS) is 1. The van der Waals surface area contributed by atoms with E-state index in [1.165, 1.54) is 6.26 Å². The summed E-state index contributed by atoms with van der Waals surface area (Å²) in [6.07, 6.45) is 1.99. The molecule has 1 heterocycles. The minimum atomic E-state index is -2.89. The van der Waals surface area contributed by atoms with E-state index < -0.39 is 9.84 Å². The van der Waals surface area contributed by atoms with Gasteiger partial charge in [0.05, 0.1) is 5.75 Å². The summed E-state index contributed by atoms with van der Waals surface area (Å²) >= 11 is 0. The van der Waals surface area contributed by atoms with Gasteiger partial charge in [0.1, 0.15) is 9.84 Å². The Morgan fingerprint density at radius 2 is 1.93 bits per heavy atom. The molecule has 1 saturated heterocycles. The summed E-state index contributed by atoms with van der Waals surface area (Å²) < 4.78 is 21.7. The van der Waals surface area contributed by atoms with E-state index in [2.05, 4.69) is 0 Å². The number of nitrogens with zero attached hydrogens (tertiary/aromatic N) is 1. The molecule has 1 N–H and O–H groups in total. The van der Waals surface area contributed by atoms with E-state index in [-0.39, 0.29) is 24.2 Å². The quantitative estimate of drug-likeness (QED) is 0.649. The zero-order chi connectivity index (χ0) is 12.1. The van der Waals surface area contributed by atoms with Crippen LogP contribution in [0.3, 0.4) is 0 Å². The van der Waals surface area contributed by atoms with Crippen molar-refractivity contribution in [2.45, 2.75) is 13.0 Å². The van der Waals surface area contributed by atoms with Gasteiger partial charge in [-0.2, -0.15) is 0 Å². The van der Waals surface area contributed by atoms with E-state index in [1.54, 1.807) is 4.90 Å². The van der Waals surface area contributed by atoms with Gasteiger partial charge in [0.15, 0.2) is 0 Å². The van der Waals surface area contributed by atoms with Crippen LogP contribution in [0.15, 0.2) is 0 Å². The standard InChI is InChI=1S/C7H13NO3S.CH2O2/c1-6-7(3-8(6)5-9)4-12(2,10)11;2-1-3/h5-7H,3-4H2,1-2H3;1H,(H,2,3)/t6-,7-;/m0./s1. The van der Waals surface area contributed by atoms with E-state index in [0.717, 1.165) is 6.41 Å². The fourth-order valence-electron chi connectivity index (χ4n) is 1.44. The average molecular weight is 237 g/mol. The molecule has 7 heteroatoms. The summed E-state index contributed by atoms with van der Waals surface area (Å²) in [6.45, 7) is 2.20. The van der Waals surface area contributed by atoms with Crippen LogP contribution in [-0.2, 0) is 19.4 Å². The molecular formula is C8H15NO5S. The van der Waals surface area contributed by atoms with E-state index in [9.17, 15) is 13.2 Å². The van der Waals surface area contributed by atoms with Crippen molar-refractivity contribution in [1.82, 2.24) is 4.90 Å². The minimum absolute atomic E-state index is 0.0808. The second kappa shape index (κ2) is 5.69. The third-order valence-electron chi connectivity index (χ3n) is 2.30. The Bertz CT molecular complexity index is 313. The summed E-state index contributed by atoms with van der Waals surface area (Å²) in [6, 6.07) is 0.0808. The first-order valence-corrected chi connectivity index (χ1v) is 6.38. The molecule has 1 amide bonds. The Morgan fingerprint density at radius 3 is 2.20 bits per heavy atom. The smallest absolute Gasteiger partial charge is 0.290 e. The van der Waals surface area contributed by atoms with Crippen LogP contribution in [0.2, 0.25) is 0 Å². The zero-order valence-corrected chi connectivity index (χ0v) is 9.48. The Balaban J connectivity index is 0.000000583. The van der Waals surface area contributed by atoms with Crippen LogP contribution in [0, 0.1) is 5.92 Å². The predicted molar refractivity (Wildman–Crippen MR) is 54.1 cm³/mol. The summed E-state index contributed by atoms with van der Waals surface area (Å²) in [7, 11) is -2.89. The molecule has 1 fully saturated rings. The second-order valence-corrected chi connectivity index (χ2v) is 5.69. The molecule has 0 unspecified atom stereocenters. The number of rotatable bonds is 3. The third kappa shape index (κ3) is 4.78. The lowest BCUT2D eigenvalue weighted by molar-refractivity contribution is -0.127. The molecular weight excluding hydrogens is 222 g/mol. The van der Waals surface area contributed by atoms with Gasteiger partial charge < -0.3 is 10.0 Å². The van der Waals surface area contributed by atoms with Crippen molar-refractivity contribution >= 4 is 22.7 Å². The van der Waals surface area contributed by atoms with Crippen LogP contribution in [0.5, 0.6) is 0 Å². The Hall–Kier alpha value is -1.11. The average Bonchev–Trinajstić information content (AvgIpc) is 2.11. The molecule has 15 heavy (non-hydrogen) atoms. The SMILES string of the molecule is C[C@H]1[C@H](CS(C)(=O)=O)CN1C=O.O=CO. The molecule has 0 bridgehead atoms. The summed E-state index contributed by atoms with van der Waals surface area (Å²) in [5.74, 6) is 0.323. The van der Waals surface area contributed by atoms with Gasteiger partial charge in [-0.15, -0.1) is 0 Å². The molecule has 0 aromatic heterocycles. The normalized spacial score (nSPS) is 24.5. The highest BCUT2D eigenvalue weighted by Crippen LogP contribution is 2.23. The maximum atomic E-state index is 10.9. The lowest BCUT2D eigenvalue weighted by Crippen LogP contribution is -2.55. The monoisotopic (exact) mass is 237 g/mol. The fraction of sp³-hybridized carbons (Fsp3) is 0.750. The highest BCUT2D eigenvalue weighted by atomic mass is 32.2. The molecule has 0 spiro atoms. The van der Waals surface area contributed by atoms with Crippen LogP contribution in [0.25, 0.3) is 0 Å². The van der Waals surface area contributed by atoms with Crippen molar-refractivity contribution in [2.24, 2.45) is 5.92 Å². The number of carbonyl (C=O) groups excluding carboxylic acids is 1. The number of hydrogen-bond acceptors (Lipinski definition) is 4. The topological polar surface area (TPSA) is 91.8 Å². The summed E-state index contributed by atoms with van der Waals surface area (Å²) in [5, 5.41) is 6.89. The summed E-state index contributed by atoms with van der Waals surface area (Å²) in [4.78, 5) is 20.3. The molecule has 1 rings (SSSR count). The maximum Gasteiger partial charge on any atom is 0.290 e. The van der Waals surface area contributed by atoms with Gasteiger partial charge in [0, 0.05) is 24.8 Å². The third-order valence-corrected chi connectivity index (χ3v) is 3.34.